The number of ether oxygens (including phenoxy) is 1. The number of carbonyl (C=O) groups is 2. The Bertz CT molecular complexity index is 1410. The van der Waals surface area contributed by atoms with Gasteiger partial charge in [0.05, 0.1) is 18.7 Å². The maximum Gasteiger partial charge on any atom is 0.300 e. The number of aliphatic hydroxyl groups is 1. The number of ketones is 1. The van der Waals surface area contributed by atoms with Gasteiger partial charge in [0.25, 0.3) is 11.7 Å². The zero-order chi connectivity index (χ0) is 22.9. The van der Waals surface area contributed by atoms with Crippen molar-refractivity contribution in [2.24, 2.45) is 0 Å². The Balaban J connectivity index is 1.72. The van der Waals surface area contributed by atoms with E-state index in [1.165, 1.54) is 12.0 Å². The van der Waals surface area contributed by atoms with Crippen LogP contribution in [0.3, 0.4) is 0 Å². The predicted octanol–water partition coefficient (Wildman–Crippen LogP) is 4.87. The van der Waals surface area contributed by atoms with Crippen molar-refractivity contribution in [3.63, 3.8) is 0 Å². The smallest absolute Gasteiger partial charge is 0.300 e. The second kappa shape index (κ2) is 8.24. The van der Waals surface area contributed by atoms with Crippen molar-refractivity contribution in [3.05, 3.63) is 108 Å². The zero-order valence-corrected chi connectivity index (χ0v) is 17.8. The Morgan fingerprint density at radius 2 is 1.76 bits per heavy atom. The van der Waals surface area contributed by atoms with Crippen molar-refractivity contribution in [3.8, 4) is 5.75 Å². The van der Waals surface area contributed by atoms with E-state index in [1.807, 2.05) is 36.4 Å². The minimum atomic E-state index is -0.836. The van der Waals surface area contributed by atoms with Crippen molar-refractivity contribution >= 4 is 33.9 Å². The van der Waals surface area contributed by atoms with Crippen molar-refractivity contribution in [1.82, 2.24) is 4.98 Å². The Kier molecular flexibility index (Phi) is 5.11. The van der Waals surface area contributed by atoms with Crippen LogP contribution < -0.4 is 9.64 Å². The molecule has 0 bridgehead atoms. The molecule has 0 saturated carbocycles. The number of hydrogen-bond acceptors (Lipinski definition) is 5. The lowest BCUT2D eigenvalue weighted by atomic mass is 9.95. The molecule has 0 spiro atoms. The van der Waals surface area contributed by atoms with Gasteiger partial charge in [0.15, 0.2) is 0 Å². The molecular formula is C27H20N2O4. The van der Waals surface area contributed by atoms with Crippen LogP contribution in [-0.4, -0.2) is 28.9 Å². The fourth-order valence-corrected chi connectivity index (χ4v) is 4.20. The number of benzene rings is 3. The average Bonchev–Trinajstić information content (AvgIpc) is 3.14. The average molecular weight is 436 g/mol. The molecule has 4 aromatic rings. The van der Waals surface area contributed by atoms with Gasteiger partial charge in [0, 0.05) is 29.7 Å². The number of aliphatic hydroxyl groups excluding tert-OH is 1. The van der Waals surface area contributed by atoms with Crippen molar-refractivity contribution in [2.45, 2.75) is 6.04 Å². The number of aromatic nitrogens is 1. The first kappa shape index (κ1) is 20.5. The van der Waals surface area contributed by atoms with Crippen LogP contribution in [0.5, 0.6) is 5.75 Å². The van der Waals surface area contributed by atoms with E-state index >= 15 is 0 Å². The molecule has 1 saturated heterocycles. The molecule has 1 atom stereocenters. The second-order valence-electron chi connectivity index (χ2n) is 7.72. The fourth-order valence-electron chi connectivity index (χ4n) is 4.20. The van der Waals surface area contributed by atoms with E-state index in [2.05, 4.69) is 4.98 Å². The third-order valence-corrected chi connectivity index (χ3v) is 5.80. The molecule has 1 aromatic heterocycles. The van der Waals surface area contributed by atoms with Crippen molar-refractivity contribution < 1.29 is 19.4 Å². The van der Waals surface area contributed by atoms with Crippen molar-refractivity contribution in [2.75, 3.05) is 12.0 Å². The summed E-state index contributed by atoms with van der Waals surface area (Å²) in [6.07, 6.45) is 3.21. The minimum Gasteiger partial charge on any atom is -0.507 e. The lowest BCUT2D eigenvalue weighted by Crippen LogP contribution is -2.29. The van der Waals surface area contributed by atoms with Crippen LogP contribution in [0.1, 0.15) is 17.2 Å². The number of nitrogens with zero attached hydrogens (tertiary/aromatic N) is 2. The number of amides is 1. The first-order valence-electron chi connectivity index (χ1n) is 10.4. The molecule has 5 rings (SSSR count). The summed E-state index contributed by atoms with van der Waals surface area (Å²) in [7, 11) is 1.53. The van der Waals surface area contributed by atoms with E-state index in [9.17, 15) is 14.7 Å². The van der Waals surface area contributed by atoms with E-state index in [0.717, 1.165) is 10.8 Å². The largest absolute Gasteiger partial charge is 0.507 e. The highest BCUT2D eigenvalue weighted by molar-refractivity contribution is 6.51. The highest BCUT2D eigenvalue weighted by Crippen LogP contribution is 2.42. The van der Waals surface area contributed by atoms with Gasteiger partial charge in [-0.05, 0) is 40.6 Å². The van der Waals surface area contributed by atoms with E-state index < -0.39 is 17.7 Å². The SMILES string of the molecule is COc1cccc(N2C(=O)C(=O)/C(=C(\O)c3ccc4ccccc4c3)C2c2cccnc2)c1. The molecule has 0 radical (unpaired) electrons. The lowest BCUT2D eigenvalue weighted by Gasteiger charge is -2.25. The summed E-state index contributed by atoms with van der Waals surface area (Å²) in [6, 6.07) is 22.8. The molecule has 6 nitrogen and oxygen atoms in total. The Hall–Kier alpha value is -4.45. The summed E-state index contributed by atoms with van der Waals surface area (Å²) < 4.78 is 5.31. The molecule has 6 heteroatoms. The van der Waals surface area contributed by atoms with E-state index in [1.54, 1.807) is 54.9 Å². The Labute approximate surface area is 190 Å². The third kappa shape index (κ3) is 3.51. The van der Waals surface area contributed by atoms with Crippen LogP contribution >= 0.6 is 0 Å². The number of carbonyl (C=O) groups excluding carboxylic acids is 2. The normalized spacial score (nSPS) is 17.5. The molecular weight excluding hydrogens is 416 g/mol. The Morgan fingerprint density at radius 3 is 2.52 bits per heavy atom. The van der Waals surface area contributed by atoms with Gasteiger partial charge < -0.3 is 9.84 Å². The number of fused-ring (bicyclic) bond motifs is 1. The standard InChI is InChI=1S/C27H20N2O4/c1-33-22-10-4-9-21(15-22)29-24(20-8-5-13-28-16-20)23(26(31)27(29)32)25(30)19-12-11-17-6-2-3-7-18(17)14-19/h2-16,24,30H,1H3/b25-23-. The van der Waals surface area contributed by atoms with Gasteiger partial charge in [0.1, 0.15) is 11.5 Å². The Morgan fingerprint density at radius 1 is 0.939 bits per heavy atom. The van der Waals surface area contributed by atoms with E-state index in [4.69, 9.17) is 4.74 Å². The summed E-state index contributed by atoms with van der Waals surface area (Å²) in [5.41, 5.74) is 1.59. The molecule has 2 heterocycles. The quantitative estimate of drug-likeness (QED) is 0.281. The first-order valence-corrected chi connectivity index (χ1v) is 10.4. The lowest BCUT2D eigenvalue weighted by molar-refractivity contribution is -0.132. The van der Waals surface area contributed by atoms with Crippen LogP contribution in [0.4, 0.5) is 5.69 Å². The van der Waals surface area contributed by atoms with Gasteiger partial charge >= 0.3 is 0 Å². The number of anilines is 1. The molecule has 3 aromatic carbocycles. The van der Waals surface area contributed by atoms with Gasteiger partial charge in [-0.15, -0.1) is 0 Å². The van der Waals surface area contributed by atoms with Gasteiger partial charge in [-0.25, -0.2) is 0 Å². The minimum absolute atomic E-state index is 0.0195. The second-order valence-corrected chi connectivity index (χ2v) is 7.72. The van der Waals surface area contributed by atoms with Crippen LogP contribution in [0.2, 0.25) is 0 Å². The summed E-state index contributed by atoms with van der Waals surface area (Å²) in [4.78, 5) is 32.0. The first-order chi connectivity index (χ1) is 16.1. The summed E-state index contributed by atoms with van der Waals surface area (Å²) in [5.74, 6) is -1.15. The number of pyridine rings is 1. The highest BCUT2D eigenvalue weighted by atomic mass is 16.5. The van der Waals surface area contributed by atoms with Gasteiger partial charge in [-0.3, -0.25) is 19.5 Å². The molecule has 1 unspecified atom stereocenters. The fraction of sp³-hybridized carbons (Fsp3) is 0.0741. The molecule has 1 N–H and O–H groups in total. The molecule has 1 amide bonds. The molecule has 1 aliphatic rings. The van der Waals surface area contributed by atoms with E-state index in [-0.39, 0.29) is 11.3 Å². The van der Waals surface area contributed by atoms with Crippen LogP contribution in [0.25, 0.3) is 16.5 Å². The molecule has 0 aliphatic carbocycles. The topological polar surface area (TPSA) is 79.7 Å². The number of Topliss-reactive ketones (excluding diaryl/α,β-unsaturated/α-hetero) is 1. The van der Waals surface area contributed by atoms with Crippen LogP contribution in [0.15, 0.2) is 96.8 Å². The van der Waals surface area contributed by atoms with E-state index in [0.29, 0.717) is 22.6 Å². The van der Waals surface area contributed by atoms with Crippen molar-refractivity contribution in [1.29, 1.82) is 0 Å². The molecule has 1 aliphatic heterocycles. The number of rotatable bonds is 4. The summed E-state index contributed by atoms with van der Waals surface area (Å²) in [6.45, 7) is 0. The molecule has 162 valence electrons. The summed E-state index contributed by atoms with van der Waals surface area (Å²) >= 11 is 0. The van der Waals surface area contributed by atoms with Crippen LogP contribution in [0, 0.1) is 0 Å². The zero-order valence-electron chi connectivity index (χ0n) is 17.8. The third-order valence-electron chi connectivity index (χ3n) is 5.80. The summed E-state index contributed by atoms with van der Waals surface area (Å²) in [5, 5.41) is 13.2. The van der Waals surface area contributed by atoms with Crippen LogP contribution in [-0.2, 0) is 9.59 Å². The molecule has 33 heavy (non-hydrogen) atoms. The van der Waals surface area contributed by atoms with Gasteiger partial charge in [0.2, 0.25) is 0 Å². The number of methoxy groups -OCH3 is 1. The maximum atomic E-state index is 13.2. The number of hydrogen-bond donors (Lipinski definition) is 1. The monoisotopic (exact) mass is 436 g/mol. The highest BCUT2D eigenvalue weighted by Gasteiger charge is 2.47. The van der Waals surface area contributed by atoms with Gasteiger partial charge in [-0.1, -0.05) is 48.5 Å². The van der Waals surface area contributed by atoms with Gasteiger partial charge in [-0.2, -0.15) is 0 Å². The predicted molar refractivity (Wildman–Crippen MR) is 126 cm³/mol. The molecule has 1 fully saturated rings. The maximum absolute atomic E-state index is 13.2.